The molecule has 3 nitrogen and oxygen atoms in total. The van der Waals surface area contributed by atoms with Gasteiger partial charge in [-0.2, -0.15) is 31.4 Å². The zero-order valence-electron chi connectivity index (χ0n) is 21.0. The number of alkyl halides is 6. The first-order valence-electron chi connectivity index (χ1n) is 11.3. The highest BCUT2D eigenvalue weighted by Gasteiger charge is 2.32. The van der Waals surface area contributed by atoms with E-state index in [9.17, 15) is 31.1 Å². The molecule has 0 aliphatic rings. The van der Waals surface area contributed by atoms with E-state index in [-0.39, 0.29) is 10.9 Å². The lowest BCUT2D eigenvalue weighted by Crippen LogP contribution is -2.11. The second-order valence-electron chi connectivity index (χ2n) is 8.91. The van der Waals surface area contributed by atoms with Crippen LogP contribution in [0.15, 0.2) is 42.6 Å². The summed E-state index contributed by atoms with van der Waals surface area (Å²) >= 11 is 0. The Kier molecular flexibility index (Phi) is 10.1. The molecule has 0 saturated carbocycles. The Morgan fingerprint density at radius 2 is 1.40 bits per heavy atom. The maximum absolute atomic E-state index is 12.9. The fraction of sp³-hybridized carbons (Fsp3) is 0.462. The van der Waals surface area contributed by atoms with Gasteiger partial charge in [0.25, 0.3) is 0 Å². The third-order valence-electron chi connectivity index (χ3n) is 4.76. The average molecular weight is 503 g/mol. The summed E-state index contributed by atoms with van der Waals surface area (Å²) in [7, 11) is 0. The molecular formula is C26H32F6N2O. The smallest absolute Gasteiger partial charge is 0.300 e. The van der Waals surface area contributed by atoms with E-state index in [1.54, 1.807) is 6.92 Å². The van der Waals surface area contributed by atoms with Gasteiger partial charge in [0.05, 0.1) is 22.3 Å². The molecular weight excluding hydrogens is 470 g/mol. The Hall–Kier alpha value is -2.84. The summed E-state index contributed by atoms with van der Waals surface area (Å²) in [5.41, 5.74) is -0.146. The van der Waals surface area contributed by atoms with Crippen molar-refractivity contribution in [2.45, 2.75) is 73.7 Å². The van der Waals surface area contributed by atoms with Gasteiger partial charge in [-0.15, -0.1) is 0 Å². The minimum Gasteiger partial charge on any atom is -0.300 e. The van der Waals surface area contributed by atoms with Crippen LogP contribution < -0.4 is 0 Å². The fourth-order valence-electron chi connectivity index (χ4n) is 3.24. The predicted octanol–water partition coefficient (Wildman–Crippen LogP) is 8.78. The molecule has 0 N–H and O–H groups in total. The van der Waals surface area contributed by atoms with E-state index in [2.05, 4.69) is 25.9 Å². The Morgan fingerprint density at radius 3 is 1.80 bits per heavy atom. The first-order valence-corrected chi connectivity index (χ1v) is 11.3. The zero-order chi connectivity index (χ0) is 27.2. The van der Waals surface area contributed by atoms with Gasteiger partial charge in [-0.3, -0.25) is 4.79 Å². The summed E-state index contributed by atoms with van der Waals surface area (Å²) in [6, 6.07) is 6.08. The van der Waals surface area contributed by atoms with E-state index in [1.165, 1.54) is 22.8 Å². The highest BCUT2D eigenvalue weighted by Crippen LogP contribution is 2.35. The number of Topliss-reactive ketones (excluding diaryl/α,β-unsaturated/α-hetero) is 1. The minimum absolute atomic E-state index is 0.174. The Balaban J connectivity index is 0.000000473. The van der Waals surface area contributed by atoms with Gasteiger partial charge >= 0.3 is 12.4 Å². The molecule has 3 rings (SSSR count). The van der Waals surface area contributed by atoms with Crippen LogP contribution in [0.25, 0.3) is 16.6 Å². The molecule has 2 heterocycles. The third-order valence-corrected chi connectivity index (χ3v) is 4.76. The van der Waals surface area contributed by atoms with Gasteiger partial charge in [-0.05, 0) is 42.2 Å². The largest absolute Gasteiger partial charge is 0.416 e. The maximum Gasteiger partial charge on any atom is 0.416 e. The van der Waals surface area contributed by atoms with E-state index in [0.29, 0.717) is 35.4 Å². The van der Waals surface area contributed by atoms with Crippen molar-refractivity contribution in [2.75, 3.05) is 0 Å². The number of rotatable bonds is 3. The van der Waals surface area contributed by atoms with Crippen LogP contribution in [0.5, 0.6) is 0 Å². The van der Waals surface area contributed by atoms with Crippen LogP contribution in [0.2, 0.25) is 0 Å². The zero-order valence-corrected chi connectivity index (χ0v) is 21.0. The Bertz CT molecular complexity index is 1100. The number of hydrogen-bond acceptors (Lipinski definition) is 2. The first-order chi connectivity index (χ1) is 16.0. The standard InChI is InChI=1S/C16H10F6N2.C8H16O.C2H6/c1-9-14(10-2-4-11(5-3-10)15(17,18)19)13-8-12(16(20,21)22)6-7-24(13)23-9;1-5-7(9)6-8(2,3)4;1-2/h2-8H,1H3;5-6H2,1-4H3;1-2H3. The summed E-state index contributed by atoms with van der Waals surface area (Å²) in [5.74, 6) is 0.363. The van der Waals surface area contributed by atoms with E-state index in [1.807, 2.05) is 20.8 Å². The number of hydrogen-bond donors (Lipinski definition) is 0. The number of halogens is 6. The molecule has 3 aromatic rings. The molecule has 2 aromatic heterocycles. The lowest BCUT2D eigenvalue weighted by molar-refractivity contribution is -0.138. The second kappa shape index (κ2) is 11.7. The molecule has 9 heteroatoms. The number of benzene rings is 1. The molecule has 0 saturated heterocycles. The maximum atomic E-state index is 12.9. The van der Waals surface area contributed by atoms with Crippen LogP contribution in [0.1, 0.15) is 71.2 Å². The van der Waals surface area contributed by atoms with Crippen molar-refractivity contribution in [3.63, 3.8) is 0 Å². The number of carbonyl (C=O) groups is 1. The van der Waals surface area contributed by atoms with Crippen LogP contribution in [-0.4, -0.2) is 15.4 Å². The SMILES string of the molecule is CC.CCC(=O)CC(C)(C)C.Cc1nn2ccc(C(F)(F)F)cc2c1-c1ccc(C(F)(F)F)cc1. The first kappa shape index (κ1) is 30.2. The lowest BCUT2D eigenvalue weighted by Gasteiger charge is -2.15. The van der Waals surface area contributed by atoms with Crippen molar-refractivity contribution in [3.05, 3.63) is 59.4 Å². The van der Waals surface area contributed by atoms with Crippen molar-refractivity contribution in [2.24, 2.45) is 5.41 Å². The van der Waals surface area contributed by atoms with E-state index in [4.69, 9.17) is 0 Å². The molecule has 1 aromatic carbocycles. The van der Waals surface area contributed by atoms with Gasteiger partial charge in [-0.25, -0.2) is 4.52 Å². The molecule has 0 atom stereocenters. The lowest BCUT2D eigenvalue weighted by atomic mass is 9.89. The average Bonchev–Trinajstić information content (AvgIpc) is 3.08. The number of nitrogens with zero attached hydrogens (tertiary/aromatic N) is 2. The Morgan fingerprint density at radius 1 is 0.886 bits per heavy atom. The molecule has 0 spiro atoms. The number of ketones is 1. The monoisotopic (exact) mass is 502 g/mol. The summed E-state index contributed by atoms with van der Waals surface area (Å²) in [6.07, 6.45) is -6.42. The molecule has 0 aliphatic heterocycles. The summed E-state index contributed by atoms with van der Waals surface area (Å²) < 4.78 is 77.8. The van der Waals surface area contributed by atoms with Crippen molar-refractivity contribution < 1.29 is 31.1 Å². The van der Waals surface area contributed by atoms with Crippen LogP contribution >= 0.6 is 0 Å². The topological polar surface area (TPSA) is 34.4 Å². The van der Waals surface area contributed by atoms with Crippen LogP contribution in [0, 0.1) is 12.3 Å². The van der Waals surface area contributed by atoms with Gasteiger partial charge in [0, 0.05) is 24.6 Å². The number of pyridine rings is 1. The molecule has 0 bridgehead atoms. The molecule has 0 aliphatic carbocycles. The van der Waals surface area contributed by atoms with Crippen molar-refractivity contribution in [1.29, 1.82) is 0 Å². The van der Waals surface area contributed by atoms with Gasteiger partial charge < -0.3 is 0 Å². The highest BCUT2D eigenvalue weighted by molar-refractivity contribution is 5.83. The summed E-state index contributed by atoms with van der Waals surface area (Å²) in [5, 5.41) is 4.11. The number of carbonyl (C=O) groups excluding carboxylic acids is 1. The minimum atomic E-state index is -4.52. The van der Waals surface area contributed by atoms with Gasteiger partial charge in [0.1, 0.15) is 5.78 Å². The van der Waals surface area contributed by atoms with Crippen LogP contribution in [0.3, 0.4) is 0 Å². The number of aryl methyl sites for hydroxylation is 1. The molecule has 0 amide bonds. The molecule has 35 heavy (non-hydrogen) atoms. The fourth-order valence-corrected chi connectivity index (χ4v) is 3.24. The molecule has 194 valence electrons. The van der Waals surface area contributed by atoms with Crippen molar-refractivity contribution in [1.82, 2.24) is 9.61 Å². The molecule has 0 unspecified atom stereocenters. The van der Waals surface area contributed by atoms with Crippen molar-refractivity contribution >= 4 is 11.3 Å². The van der Waals surface area contributed by atoms with Crippen LogP contribution in [-0.2, 0) is 17.1 Å². The third kappa shape index (κ3) is 8.71. The second-order valence-corrected chi connectivity index (χ2v) is 8.91. The molecule has 0 fully saturated rings. The van der Waals surface area contributed by atoms with Gasteiger partial charge in [0.2, 0.25) is 0 Å². The summed E-state index contributed by atoms with van der Waals surface area (Å²) in [4.78, 5) is 10.8. The van der Waals surface area contributed by atoms with E-state index in [0.717, 1.165) is 24.3 Å². The van der Waals surface area contributed by atoms with Crippen molar-refractivity contribution in [3.8, 4) is 11.1 Å². The number of aromatic nitrogens is 2. The van der Waals surface area contributed by atoms with Gasteiger partial charge in [-0.1, -0.05) is 53.7 Å². The van der Waals surface area contributed by atoms with E-state index < -0.39 is 23.5 Å². The summed E-state index contributed by atoms with van der Waals surface area (Å²) in [6.45, 7) is 13.8. The van der Waals surface area contributed by atoms with Gasteiger partial charge in [0.15, 0.2) is 0 Å². The van der Waals surface area contributed by atoms with Crippen LogP contribution in [0.4, 0.5) is 26.3 Å². The predicted molar refractivity (Wildman–Crippen MR) is 126 cm³/mol. The normalized spacial score (nSPS) is 11.9. The molecule has 0 radical (unpaired) electrons. The quantitative estimate of drug-likeness (QED) is 0.336. The Labute approximate surface area is 202 Å². The number of fused-ring (bicyclic) bond motifs is 1. The highest BCUT2D eigenvalue weighted by atomic mass is 19.4. The van der Waals surface area contributed by atoms with E-state index >= 15 is 0 Å².